The number of hydrogen-bond acceptors (Lipinski definition) is 5. The third-order valence-electron chi connectivity index (χ3n) is 4.63. The van der Waals surface area contributed by atoms with Gasteiger partial charge in [-0.1, -0.05) is 36.4 Å². The summed E-state index contributed by atoms with van der Waals surface area (Å²) >= 11 is 1.55. The van der Waals surface area contributed by atoms with E-state index >= 15 is 0 Å². The predicted octanol–water partition coefficient (Wildman–Crippen LogP) is 4.78. The van der Waals surface area contributed by atoms with Crippen LogP contribution in [0.15, 0.2) is 65.6 Å². The molecule has 0 saturated heterocycles. The van der Waals surface area contributed by atoms with Gasteiger partial charge in [-0.05, 0) is 42.8 Å². The van der Waals surface area contributed by atoms with Crippen LogP contribution in [0.5, 0.6) is 5.75 Å². The minimum Gasteiger partial charge on any atom is -0.496 e. The van der Waals surface area contributed by atoms with E-state index in [4.69, 9.17) is 9.47 Å². The van der Waals surface area contributed by atoms with Crippen LogP contribution in [0.2, 0.25) is 0 Å². The lowest BCUT2D eigenvalue weighted by Gasteiger charge is -2.22. The molecule has 3 rings (SSSR count). The number of carbonyl (C=O) groups excluding carboxylic acids is 2. The number of esters is 1. The van der Waals surface area contributed by atoms with Crippen LogP contribution in [0.4, 0.5) is 5.69 Å². The first kappa shape index (κ1) is 20.7. The molecule has 0 spiro atoms. The quantitative estimate of drug-likeness (QED) is 0.415. The molecule has 3 aromatic rings. The Morgan fingerprint density at radius 1 is 1.03 bits per heavy atom. The summed E-state index contributed by atoms with van der Waals surface area (Å²) in [6.45, 7) is 2.02. The first-order valence-corrected chi connectivity index (χ1v) is 10.5. The van der Waals surface area contributed by atoms with Crippen molar-refractivity contribution in [3.05, 3.63) is 66.2 Å². The van der Waals surface area contributed by atoms with Crippen molar-refractivity contribution in [1.29, 1.82) is 0 Å². The molecule has 0 aliphatic heterocycles. The SMILES string of the molecule is CCN(C(=O)COC(=O)c1ccc(SC)cc1OC)c1cccc2ccccc12. The van der Waals surface area contributed by atoms with Gasteiger partial charge in [0.05, 0.1) is 12.8 Å². The fourth-order valence-electron chi connectivity index (χ4n) is 3.17. The number of nitrogens with zero attached hydrogens (tertiary/aromatic N) is 1. The van der Waals surface area contributed by atoms with E-state index in [1.807, 2.05) is 61.7 Å². The van der Waals surface area contributed by atoms with Crippen LogP contribution in [-0.4, -0.2) is 38.4 Å². The fourth-order valence-corrected chi connectivity index (χ4v) is 3.60. The molecular weight excluding hydrogens is 386 g/mol. The van der Waals surface area contributed by atoms with Crippen LogP contribution >= 0.6 is 11.8 Å². The molecule has 6 heteroatoms. The maximum atomic E-state index is 12.8. The number of rotatable bonds is 7. The average Bonchev–Trinajstić information content (AvgIpc) is 2.77. The lowest BCUT2D eigenvalue weighted by molar-refractivity contribution is -0.121. The summed E-state index contributed by atoms with van der Waals surface area (Å²) in [6, 6.07) is 18.9. The Morgan fingerprint density at radius 3 is 2.52 bits per heavy atom. The van der Waals surface area contributed by atoms with Crippen LogP contribution in [0.1, 0.15) is 17.3 Å². The Labute approximate surface area is 174 Å². The zero-order chi connectivity index (χ0) is 20.8. The third-order valence-corrected chi connectivity index (χ3v) is 5.36. The van der Waals surface area contributed by atoms with Gasteiger partial charge >= 0.3 is 5.97 Å². The van der Waals surface area contributed by atoms with Gasteiger partial charge in [0.15, 0.2) is 6.61 Å². The molecule has 3 aromatic carbocycles. The highest BCUT2D eigenvalue weighted by Crippen LogP contribution is 2.28. The first-order valence-electron chi connectivity index (χ1n) is 9.26. The molecular formula is C23H23NO4S. The average molecular weight is 410 g/mol. The zero-order valence-electron chi connectivity index (χ0n) is 16.7. The number of carbonyl (C=O) groups is 2. The summed E-state index contributed by atoms with van der Waals surface area (Å²) in [4.78, 5) is 27.9. The van der Waals surface area contributed by atoms with E-state index in [1.54, 1.807) is 28.8 Å². The number of anilines is 1. The van der Waals surface area contributed by atoms with Crippen molar-refractivity contribution in [3.63, 3.8) is 0 Å². The van der Waals surface area contributed by atoms with E-state index in [0.717, 1.165) is 21.4 Å². The molecule has 0 aromatic heterocycles. The first-order chi connectivity index (χ1) is 14.1. The van der Waals surface area contributed by atoms with Gasteiger partial charge in [-0.3, -0.25) is 4.79 Å². The molecule has 1 amide bonds. The third kappa shape index (κ3) is 4.54. The molecule has 0 atom stereocenters. The Morgan fingerprint density at radius 2 is 1.79 bits per heavy atom. The molecule has 0 bridgehead atoms. The summed E-state index contributed by atoms with van der Waals surface area (Å²) in [7, 11) is 1.50. The maximum absolute atomic E-state index is 12.8. The zero-order valence-corrected chi connectivity index (χ0v) is 17.5. The van der Waals surface area contributed by atoms with Gasteiger partial charge in [-0.2, -0.15) is 0 Å². The maximum Gasteiger partial charge on any atom is 0.342 e. The Balaban J connectivity index is 1.76. The fraction of sp³-hybridized carbons (Fsp3) is 0.217. The number of ether oxygens (including phenoxy) is 2. The summed E-state index contributed by atoms with van der Waals surface area (Å²) in [6.07, 6.45) is 1.94. The van der Waals surface area contributed by atoms with Gasteiger partial charge in [0.25, 0.3) is 5.91 Å². The highest BCUT2D eigenvalue weighted by atomic mass is 32.2. The molecule has 0 radical (unpaired) electrons. The molecule has 0 aliphatic rings. The number of likely N-dealkylation sites (N-methyl/N-ethyl adjacent to an activating group) is 1. The molecule has 0 N–H and O–H groups in total. The molecule has 0 fully saturated rings. The number of methoxy groups -OCH3 is 1. The molecule has 0 heterocycles. The molecule has 5 nitrogen and oxygen atoms in total. The van der Waals surface area contributed by atoms with Crippen molar-refractivity contribution in [1.82, 2.24) is 0 Å². The minimum absolute atomic E-state index is 0.281. The Hall–Kier alpha value is -2.99. The minimum atomic E-state index is -0.586. The van der Waals surface area contributed by atoms with E-state index in [9.17, 15) is 9.59 Å². The number of benzene rings is 3. The van der Waals surface area contributed by atoms with Gasteiger partial charge in [0.1, 0.15) is 11.3 Å². The Kier molecular flexibility index (Phi) is 6.77. The summed E-state index contributed by atoms with van der Waals surface area (Å²) in [5, 5.41) is 2.03. The Bertz CT molecular complexity index is 1030. The monoisotopic (exact) mass is 409 g/mol. The van der Waals surface area contributed by atoms with Gasteiger partial charge in [-0.15, -0.1) is 11.8 Å². The predicted molar refractivity (Wildman–Crippen MR) is 117 cm³/mol. The number of hydrogen-bond donors (Lipinski definition) is 0. The lowest BCUT2D eigenvalue weighted by atomic mass is 10.1. The van der Waals surface area contributed by atoms with Crippen LogP contribution < -0.4 is 9.64 Å². The number of thioether (sulfide) groups is 1. The van der Waals surface area contributed by atoms with E-state index in [1.165, 1.54) is 7.11 Å². The van der Waals surface area contributed by atoms with Crippen molar-refractivity contribution in [3.8, 4) is 5.75 Å². The van der Waals surface area contributed by atoms with E-state index < -0.39 is 5.97 Å². The van der Waals surface area contributed by atoms with E-state index in [0.29, 0.717) is 17.9 Å². The largest absolute Gasteiger partial charge is 0.496 e. The van der Waals surface area contributed by atoms with Crippen molar-refractivity contribution in [2.24, 2.45) is 0 Å². The molecule has 0 saturated carbocycles. The molecule has 150 valence electrons. The molecule has 0 unspecified atom stereocenters. The topological polar surface area (TPSA) is 55.8 Å². The van der Waals surface area contributed by atoms with Gasteiger partial charge < -0.3 is 14.4 Å². The lowest BCUT2D eigenvalue weighted by Crippen LogP contribution is -2.34. The van der Waals surface area contributed by atoms with Crippen LogP contribution in [-0.2, 0) is 9.53 Å². The van der Waals surface area contributed by atoms with Crippen molar-refractivity contribution in [2.45, 2.75) is 11.8 Å². The van der Waals surface area contributed by atoms with Crippen LogP contribution in [0.3, 0.4) is 0 Å². The van der Waals surface area contributed by atoms with Crippen molar-refractivity contribution in [2.75, 3.05) is 31.4 Å². The molecule has 0 aliphatic carbocycles. The number of amides is 1. The van der Waals surface area contributed by atoms with Gasteiger partial charge in [0.2, 0.25) is 0 Å². The second-order valence-corrected chi connectivity index (χ2v) is 7.16. The smallest absolute Gasteiger partial charge is 0.342 e. The second kappa shape index (κ2) is 9.47. The normalized spacial score (nSPS) is 10.6. The highest BCUT2D eigenvalue weighted by Gasteiger charge is 2.20. The summed E-state index contributed by atoms with van der Waals surface area (Å²) < 4.78 is 10.6. The standard InChI is InChI=1S/C23H23NO4S/c1-4-24(20-11-7-9-16-8-5-6-10-18(16)20)22(25)15-28-23(26)19-13-12-17(29-3)14-21(19)27-2/h5-14H,4,15H2,1-3H3. The molecule has 29 heavy (non-hydrogen) atoms. The van der Waals surface area contributed by atoms with Crippen molar-refractivity contribution >= 4 is 40.1 Å². The van der Waals surface area contributed by atoms with Crippen LogP contribution in [0, 0.1) is 0 Å². The summed E-state index contributed by atoms with van der Waals surface area (Å²) in [5.41, 5.74) is 1.10. The summed E-state index contributed by atoms with van der Waals surface area (Å²) in [5.74, 6) is -0.440. The second-order valence-electron chi connectivity index (χ2n) is 6.28. The highest BCUT2D eigenvalue weighted by molar-refractivity contribution is 7.98. The van der Waals surface area contributed by atoms with E-state index in [-0.39, 0.29) is 12.5 Å². The van der Waals surface area contributed by atoms with Gasteiger partial charge in [-0.25, -0.2) is 4.79 Å². The van der Waals surface area contributed by atoms with Gasteiger partial charge in [0, 0.05) is 16.8 Å². The van der Waals surface area contributed by atoms with Crippen molar-refractivity contribution < 1.29 is 19.1 Å². The van der Waals surface area contributed by atoms with E-state index in [2.05, 4.69) is 0 Å². The number of fused-ring (bicyclic) bond motifs is 1. The van der Waals surface area contributed by atoms with Crippen LogP contribution in [0.25, 0.3) is 10.8 Å².